The largest absolute Gasteiger partial charge is 0.497 e. The van der Waals surface area contributed by atoms with Crippen LogP contribution >= 0.6 is 0 Å². The lowest BCUT2D eigenvalue weighted by atomic mass is 10.1. The topological polar surface area (TPSA) is 73.6 Å². The summed E-state index contributed by atoms with van der Waals surface area (Å²) in [4.78, 5) is 12.3. The van der Waals surface area contributed by atoms with Gasteiger partial charge in [-0.05, 0) is 37.3 Å². The molecule has 1 heterocycles. The highest BCUT2D eigenvalue weighted by molar-refractivity contribution is 5.99. The van der Waals surface area contributed by atoms with E-state index in [-0.39, 0.29) is 18.1 Å². The van der Waals surface area contributed by atoms with Crippen molar-refractivity contribution in [1.29, 1.82) is 0 Å². The molecule has 0 spiro atoms. The molecule has 3 rings (SSSR count). The van der Waals surface area contributed by atoms with Crippen molar-refractivity contribution >= 4 is 11.6 Å². The molecular formula is C15H20N2O3. The maximum absolute atomic E-state index is 12.3. The van der Waals surface area contributed by atoms with Crippen molar-refractivity contribution in [3.05, 3.63) is 23.8 Å². The molecule has 5 heteroatoms. The second-order valence-electron chi connectivity index (χ2n) is 5.49. The summed E-state index contributed by atoms with van der Waals surface area (Å²) in [6.07, 6.45) is 3.48. The Balaban J connectivity index is 1.69. The fourth-order valence-electron chi connectivity index (χ4n) is 2.78. The number of ether oxygens (including phenoxy) is 2. The van der Waals surface area contributed by atoms with Crippen LogP contribution in [0, 0.1) is 5.92 Å². The van der Waals surface area contributed by atoms with Gasteiger partial charge in [0.1, 0.15) is 5.75 Å². The van der Waals surface area contributed by atoms with Crippen LogP contribution in [0.3, 0.4) is 0 Å². The zero-order valence-electron chi connectivity index (χ0n) is 11.6. The molecule has 1 aromatic carbocycles. The molecule has 1 aromatic rings. The van der Waals surface area contributed by atoms with Crippen LogP contribution in [-0.4, -0.2) is 31.8 Å². The lowest BCUT2D eigenvalue weighted by Gasteiger charge is -2.20. The molecule has 1 amide bonds. The summed E-state index contributed by atoms with van der Waals surface area (Å²) in [5, 5.41) is 3.06. The summed E-state index contributed by atoms with van der Waals surface area (Å²) in [6.45, 7) is 0.726. The maximum Gasteiger partial charge on any atom is 0.253 e. The number of hydrogen-bond acceptors (Lipinski definition) is 4. The molecule has 108 valence electrons. The van der Waals surface area contributed by atoms with Gasteiger partial charge < -0.3 is 20.5 Å². The van der Waals surface area contributed by atoms with Gasteiger partial charge >= 0.3 is 0 Å². The Hall–Kier alpha value is -1.75. The standard InChI is InChI=1S/C15H20N2O3/c1-19-10-4-5-11(12(16)8-10)15(18)17-13-6-7-20-14(13)9-2-3-9/h4-5,8-9,13-14H,2-3,6-7,16H2,1H3,(H,17,18). The molecule has 1 saturated heterocycles. The molecule has 2 atom stereocenters. The first-order valence-corrected chi connectivity index (χ1v) is 7.05. The van der Waals surface area contributed by atoms with Crippen molar-refractivity contribution in [1.82, 2.24) is 5.32 Å². The van der Waals surface area contributed by atoms with Gasteiger partial charge in [-0.1, -0.05) is 0 Å². The van der Waals surface area contributed by atoms with Crippen LogP contribution in [0.1, 0.15) is 29.6 Å². The first kappa shape index (κ1) is 13.2. The summed E-state index contributed by atoms with van der Waals surface area (Å²) >= 11 is 0. The van der Waals surface area contributed by atoms with Gasteiger partial charge in [0.25, 0.3) is 5.91 Å². The van der Waals surface area contributed by atoms with Gasteiger partial charge in [0.05, 0.1) is 24.8 Å². The zero-order valence-corrected chi connectivity index (χ0v) is 11.6. The molecular weight excluding hydrogens is 256 g/mol. The maximum atomic E-state index is 12.3. The number of carbonyl (C=O) groups is 1. The molecule has 1 aliphatic heterocycles. The molecule has 0 bridgehead atoms. The van der Waals surface area contributed by atoms with E-state index in [0.29, 0.717) is 22.9 Å². The predicted octanol–water partition coefficient (Wildman–Crippen LogP) is 1.57. The first-order chi connectivity index (χ1) is 9.69. The van der Waals surface area contributed by atoms with E-state index < -0.39 is 0 Å². The number of nitrogens with two attached hydrogens (primary N) is 1. The van der Waals surface area contributed by atoms with Crippen molar-refractivity contribution in [2.24, 2.45) is 5.92 Å². The van der Waals surface area contributed by atoms with Gasteiger partial charge in [-0.3, -0.25) is 4.79 Å². The van der Waals surface area contributed by atoms with Crippen LogP contribution in [0.2, 0.25) is 0 Å². The number of methoxy groups -OCH3 is 1. The highest BCUT2D eigenvalue weighted by atomic mass is 16.5. The van der Waals surface area contributed by atoms with Crippen molar-refractivity contribution in [2.75, 3.05) is 19.5 Å². The average Bonchev–Trinajstić information content (AvgIpc) is 3.19. The fourth-order valence-corrected chi connectivity index (χ4v) is 2.78. The van der Waals surface area contributed by atoms with E-state index in [1.54, 1.807) is 25.3 Å². The Bertz CT molecular complexity index is 514. The van der Waals surface area contributed by atoms with Gasteiger partial charge in [0, 0.05) is 18.4 Å². The van der Waals surface area contributed by atoms with Gasteiger partial charge in [0.2, 0.25) is 0 Å². The number of nitrogens with one attached hydrogen (secondary N) is 1. The number of rotatable bonds is 4. The smallest absolute Gasteiger partial charge is 0.253 e. The van der Waals surface area contributed by atoms with Crippen molar-refractivity contribution in [2.45, 2.75) is 31.4 Å². The lowest BCUT2D eigenvalue weighted by molar-refractivity contribution is 0.0730. The second-order valence-corrected chi connectivity index (χ2v) is 5.49. The van der Waals surface area contributed by atoms with Gasteiger partial charge in [-0.25, -0.2) is 0 Å². The second kappa shape index (κ2) is 5.32. The molecule has 2 fully saturated rings. The third-order valence-corrected chi connectivity index (χ3v) is 4.04. The quantitative estimate of drug-likeness (QED) is 0.819. The van der Waals surface area contributed by atoms with Crippen molar-refractivity contribution < 1.29 is 14.3 Å². The monoisotopic (exact) mass is 276 g/mol. The lowest BCUT2D eigenvalue weighted by Crippen LogP contribution is -2.41. The summed E-state index contributed by atoms with van der Waals surface area (Å²) in [7, 11) is 1.57. The minimum absolute atomic E-state index is 0.108. The van der Waals surface area contributed by atoms with E-state index in [9.17, 15) is 4.79 Å². The van der Waals surface area contributed by atoms with Crippen molar-refractivity contribution in [3.8, 4) is 5.75 Å². The van der Waals surface area contributed by atoms with E-state index in [1.807, 2.05) is 0 Å². The van der Waals surface area contributed by atoms with E-state index in [2.05, 4.69) is 5.32 Å². The third kappa shape index (κ3) is 2.58. The number of carbonyl (C=O) groups excluding carboxylic acids is 1. The van der Waals surface area contributed by atoms with Crippen molar-refractivity contribution in [3.63, 3.8) is 0 Å². The van der Waals surface area contributed by atoms with Crippen LogP contribution in [0.15, 0.2) is 18.2 Å². The zero-order chi connectivity index (χ0) is 14.1. The van der Waals surface area contributed by atoms with Gasteiger partial charge in [-0.15, -0.1) is 0 Å². The van der Waals surface area contributed by atoms with Crippen LogP contribution in [-0.2, 0) is 4.74 Å². The van der Waals surface area contributed by atoms with Crippen LogP contribution in [0.5, 0.6) is 5.75 Å². The fraction of sp³-hybridized carbons (Fsp3) is 0.533. The summed E-state index contributed by atoms with van der Waals surface area (Å²) in [5.74, 6) is 1.14. The summed E-state index contributed by atoms with van der Waals surface area (Å²) in [5.41, 5.74) is 6.83. The minimum atomic E-state index is -0.133. The number of amides is 1. The number of anilines is 1. The van der Waals surface area contributed by atoms with E-state index in [1.165, 1.54) is 12.8 Å². The third-order valence-electron chi connectivity index (χ3n) is 4.04. The molecule has 3 N–H and O–H groups in total. The Kier molecular flexibility index (Phi) is 3.53. The number of hydrogen-bond donors (Lipinski definition) is 2. The van der Waals surface area contributed by atoms with E-state index >= 15 is 0 Å². The molecule has 2 aliphatic rings. The van der Waals surface area contributed by atoms with Crippen LogP contribution in [0.25, 0.3) is 0 Å². The SMILES string of the molecule is COc1ccc(C(=O)NC2CCOC2C2CC2)c(N)c1. The molecule has 1 aliphatic carbocycles. The van der Waals surface area contributed by atoms with Crippen LogP contribution < -0.4 is 15.8 Å². The van der Waals surface area contributed by atoms with Gasteiger partial charge in [0.15, 0.2) is 0 Å². The molecule has 0 radical (unpaired) electrons. The predicted molar refractivity (Wildman–Crippen MR) is 75.7 cm³/mol. The normalized spacial score (nSPS) is 25.4. The molecule has 1 saturated carbocycles. The average molecular weight is 276 g/mol. The minimum Gasteiger partial charge on any atom is -0.497 e. The Labute approximate surface area is 118 Å². The van der Waals surface area contributed by atoms with Crippen LogP contribution in [0.4, 0.5) is 5.69 Å². The highest BCUT2D eigenvalue weighted by Crippen LogP contribution is 2.38. The van der Waals surface area contributed by atoms with E-state index in [4.69, 9.17) is 15.2 Å². The summed E-state index contributed by atoms with van der Waals surface area (Å²) < 4.78 is 10.8. The number of benzene rings is 1. The highest BCUT2D eigenvalue weighted by Gasteiger charge is 2.41. The Morgan fingerprint density at radius 2 is 2.20 bits per heavy atom. The van der Waals surface area contributed by atoms with Gasteiger partial charge in [-0.2, -0.15) is 0 Å². The first-order valence-electron chi connectivity index (χ1n) is 7.05. The number of nitrogen functional groups attached to an aromatic ring is 1. The van der Waals surface area contributed by atoms with E-state index in [0.717, 1.165) is 13.0 Å². The molecule has 2 unspecified atom stereocenters. The Morgan fingerprint density at radius 1 is 1.40 bits per heavy atom. The summed E-state index contributed by atoms with van der Waals surface area (Å²) in [6, 6.07) is 5.22. The molecule has 5 nitrogen and oxygen atoms in total. The Morgan fingerprint density at radius 3 is 2.85 bits per heavy atom. The molecule has 20 heavy (non-hydrogen) atoms. The molecule has 0 aromatic heterocycles.